The third kappa shape index (κ3) is 1.78. The third-order valence-electron chi connectivity index (χ3n) is 3.65. The van der Waals surface area contributed by atoms with Gasteiger partial charge in [0.15, 0.2) is 0 Å². The quantitative estimate of drug-likeness (QED) is 0.792. The molecule has 1 aliphatic rings. The SMILES string of the molecule is Cc1ccc(C2(CN)CCCC2)c(F)c1. The predicted molar refractivity (Wildman–Crippen MR) is 60.3 cm³/mol. The zero-order chi connectivity index (χ0) is 10.9. The van der Waals surface area contributed by atoms with Gasteiger partial charge in [0.1, 0.15) is 5.82 Å². The Morgan fingerprint density at radius 2 is 2.00 bits per heavy atom. The van der Waals surface area contributed by atoms with E-state index in [1.807, 2.05) is 19.1 Å². The molecule has 0 radical (unpaired) electrons. The first kappa shape index (κ1) is 10.6. The van der Waals surface area contributed by atoms with E-state index in [4.69, 9.17) is 5.73 Å². The summed E-state index contributed by atoms with van der Waals surface area (Å²) in [6.45, 7) is 2.48. The van der Waals surface area contributed by atoms with E-state index < -0.39 is 0 Å². The third-order valence-corrected chi connectivity index (χ3v) is 3.65. The van der Waals surface area contributed by atoms with Crippen molar-refractivity contribution < 1.29 is 4.39 Å². The van der Waals surface area contributed by atoms with Gasteiger partial charge in [0.2, 0.25) is 0 Å². The summed E-state index contributed by atoms with van der Waals surface area (Å²) in [5.74, 6) is -0.0812. The molecule has 0 heterocycles. The van der Waals surface area contributed by atoms with Crippen LogP contribution in [0.3, 0.4) is 0 Å². The average molecular weight is 207 g/mol. The molecule has 1 aliphatic carbocycles. The molecule has 0 aromatic heterocycles. The molecule has 0 amide bonds. The van der Waals surface area contributed by atoms with Crippen molar-refractivity contribution in [3.63, 3.8) is 0 Å². The second-order valence-electron chi connectivity index (χ2n) is 4.67. The second-order valence-corrected chi connectivity index (χ2v) is 4.67. The van der Waals surface area contributed by atoms with Crippen LogP contribution in [0.1, 0.15) is 36.8 Å². The summed E-state index contributed by atoms with van der Waals surface area (Å²) >= 11 is 0. The molecule has 2 heteroatoms. The number of hydrogen-bond donors (Lipinski definition) is 1. The van der Waals surface area contributed by atoms with Crippen molar-refractivity contribution in [2.45, 2.75) is 38.0 Å². The summed E-state index contributed by atoms with van der Waals surface area (Å²) < 4.78 is 13.9. The van der Waals surface area contributed by atoms with Gasteiger partial charge in [0.05, 0.1) is 0 Å². The summed E-state index contributed by atoms with van der Waals surface area (Å²) in [5, 5.41) is 0. The Labute approximate surface area is 90.5 Å². The first-order chi connectivity index (χ1) is 7.18. The molecule has 0 saturated heterocycles. The van der Waals surface area contributed by atoms with Crippen molar-refractivity contribution in [1.29, 1.82) is 0 Å². The zero-order valence-corrected chi connectivity index (χ0v) is 9.22. The molecule has 0 bridgehead atoms. The van der Waals surface area contributed by atoms with Crippen LogP contribution >= 0.6 is 0 Å². The first-order valence-electron chi connectivity index (χ1n) is 5.65. The summed E-state index contributed by atoms with van der Waals surface area (Å²) in [4.78, 5) is 0. The van der Waals surface area contributed by atoms with E-state index in [2.05, 4.69) is 0 Å². The van der Waals surface area contributed by atoms with Gasteiger partial charge >= 0.3 is 0 Å². The van der Waals surface area contributed by atoms with Crippen LogP contribution in [0.4, 0.5) is 4.39 Å². The van der Waals surface area contributed by atoms with Crippen LogP contribution in [0.15, 0.2) is 18.2 Å². The van der Waals surface area contributed by atoms with E-state index >= 15 is 0 Å². The maximum absolute atomic E-state index is 13.9. The van der Waals surface area contributed by atoms with Crippen molar-refractivity contribution >= 4 is 0 Å². The highest BCUT2D eigenvalue weighted by molar-refractivity contribution is 5.31. The van der Waals surface area contributed by atoms with Crippen molar-refractivity contribution in [1.82, 2.24) is 0 Å². The van der Waals surface area contributed by atoms with Crippen LogP contribution in [0.5, 0.6) is 0 Å². The summed E-state index contributed by atoms with van der Waals surface area (Å²) in [6.07, 6.45) is 4.40. The lowest BCUT2D eigenvalue weighted by molar-refractivity contribution is 0.426. The van der Waals surface area contributed by atoms with E-state index in [1.54, 1.807) is 6.07 Å². The van der Waals surface area contributed by atoms with Crippen LogP contribution in [-0.2, 0) is 5.41 Å². The molecule has 0 unspecified atom stereocenters. The largest absolute Gasteiger partial charge is 0.330 e. The van der Waals surface area contributed by atoms with Gasteiger partial charge in [-0.05, 0) is 37.0 Å². The lowest BCUT2D eigenvalue weighted by atomic mass is 9.78. The van der Waals surface area contributed by atoms with Crippen molar-refractivity contribution in [3.8, 4) is 0 Å². The smallest absolute Gasteiger partial charge is 0.127 e. The van der Waals surface area contributed by atoms with Crippen LogP contribution in [0.25, 0.3) is 0 Å². The molecule has 2 rings (SSSR count). The van der Waals surface area contributed by atoms with Crippen molar-refractivity contribution in [3.05, 3.63) is 35.1 Å². The summed E-state index contributed by atoms with van der Waals surface area (Å²) in [6, 6.07) is 5.52. The lowest BCUT2D eigenvalue weighted by Gasteiger charge is -2.28. The van der Waals surface area contributed by atoms with E-state index in [0.29, 0.717) is 6.54 Å². The molecule has 15 heavy (non-hydrogen) atoms. The summed E-state index contributed by atoms with van der Waals surface area (Å²) in [5.41, 5.74) is 7.56. The minimum Gasteiger partial charge on any atom is -0.330 e. The monoisotopic (exact) mass is 207 g/mol. The summed E-state index contributed by atoms with van der Waals surface area (Å²) in [7, 11) is 0. The van der Waals surface area contributed by atoms with E-state index in [-0.39, 0.29) is 11.2 Å². The van der Waals surface area contributed by atoms with E-state index in [0.717, 1.165) is 24.0 Å². The topological polar surface area (TPSA) is 26.0 Å². The van der Waals surface area contributed by atoms with Gasteiger partial charge < -0.3 is 5.73 Å². The molecule has 0 atom stereocenters. The Morgan fingerprint density at radius 1 is 1.33 bits per heavy atom. The van der Waals surface area contributed by atoms with Crippen molar-refractivity contribution in [2.75, 3.05) is 6.54 Å². The highest BCUT2D eigenvalue weighted by Gasteiger charge is 2.36. The minimum absolute atomic E-state index is 0.0812. The lowest BCUT2D eigenvalue weighted by Crippen LogP contribution is -2.33. The zero-order valence-electron chi connectivity index (χ0n) is 9.22. The number of nitrogens with two attached hydrogens (primary N) is 1. The van der Waals surface area contributed by atoms with Crippen LogP contribution < -0.4 is 5.73 Å². The number of rotatable bonds is 2. The second kappa shape index (κ2) is 3.93. The number of benzene rings is 1. The molecular formula is C13H18FN. The highest BCUT2D eigenvalue weighted by Crippen LogP contribution is 2.41. The minimum atomic E-state index is -0.0855. The van der Waals surface area contributed by atoms with E-state index in [9.17, 15) is 4.39 Å². The maximum atomic E-state index is 13.9. The molecule has 1 saturated carbocycles. The molecule has 1 nitrogen and oxygen atoms in total. The molecule has 0 spiro atoms. The van der Waals surface area contributed by atoms with Crippen LogP contribution in [0, 0.1) is 12.7 Å². The standard InChI is InChI=1S/C13H18FN/c1-10-4-5-11(12(14)8-10)13(9-15)6-2-3-7-13/h4-5,8H,2-3,6-7,9,15H2,1H3. The Balaban J connectivity index is 2.42. The molecule has 1 aromatic carbocycles. The first-order valence-corrected chi connectivity index (χ1v) is 5.65. The van der Waals surface area contributed by atoms with Crippen molar-refractivity contribution in [2.24, 2.45) is 5.73 Å². The fraction of sp³-hybridized carbons (Fsp3) is 0.538. The Hall–Kier alpha value is -0.890. The average Bonchev–Trinajstić information content (AvgIpc) is 2.67. The fourth-order valence-corrected chi connectivity index (χ4v) is 2.69. The fourth-order valence-electron chi connectivity index (χ4n) is 2.69. The van der Waals surface area contributed by atoms with Gasteiger partial charge in [-0.25, -0.2) is 4.39 Å². The van der Waals surface area contributed by atoms with Gasteiger partial charge in [-0.1, -0.05) is 25.0 Å². The van der Waals surface area contributed by atoms with Gasteiger partial charge in [0.25, 0.3) is 0 Å². The Kier molecular flexibility index (Phi) is 2.79. The van der Waals surface area contributed by atoms with Gasteiger partial charge in [0, 0.05) is 12.0 Å². The van der Waals surface area contributed by atoms with Gasteiger partial charge in [-0.3, -0.25) is 0 Å². The maximum Gasteiger partial charge on any atom is 0.127 e. The number of aryl methyl sites for hydroxylation is 1. The molecule has 82 valence electrons. The Bertz CT molecular complexity index is 354. The molecule has 1 aromatic rings. The molecule has 0 aliphatic heterocycles. The molecule has 2 N–H and O–H groups in total. The Morgan fingerprint density at radius 3 is 2.53 bits per heavy atom. The molecule has 1 fully saturated rings. The van der Waals surface area contributed by atoms with Gasteiger partial charge in [-0.2, -0.15) is 0 Å². The number of halogens is 1. The van der Waals surface area contributed by atoms with Crippen LogP contribution in [0.2, 0.25) is 0 Å². The van der Waals surface area contributed by atoms with E-state index in [1.165, 1.54) is 12.8 Å². The molecular weight excluding hydrogens is 189 g/mol. The number of hydrogen-bond acceptors (Lipinski definition) is 1. The normalized spacial score (nSPS) is 19.4. The highest BCUT2D eigenvalue weighted by atomic mass is 19.1. The van der Waals surface area contributed by atoms with Gasteiger partial charge in [-0.15, -0.1) is 0 Å². The van der Waals surface area contributed by atoms with Crippen LogP contribution in [-0.4, -0.2) is 6.54 Å². The predicted octanol–water partition coefficient (Wildman–Crippen LogP) is 2.90.